The zero-order valence-electron chi connectivity index (χ0n) is 17.7. The molecule has 0 saturated carbocycles. The van der Waals surface area contributed by atoms with E-state index >= 15 is 0 Å². The van der Waals surface area contributed by atoms with Crippen LogP contribution in [0.15, 0.2) is 91.1 Å². The number of aromatic nitrogens is 2. The predicted octanol–water partition coefficient (Wildman–Crippen LogP) is 6.75. The molecule has 2 heterocycles. The molecule has 1 aliphatic carbocycles. The van der Waals surface area contributed by atoms with Crippen LogP contribution in [0.2, 0.25) is 0 Å². The van der Waals surface area contributed by atoms with Crippen molar-refractivity contribution in [2.45, 2.75) is 12.3 Å². The minimum Gasteiger partial charge on any atom is -0.452 e. The van der Waals surface area contributed by atoms with Gasteiger partial charge in [0.1, 0.15) is 0 Å². The first-order valence-corrected chi connectivity index (χ1v) is 10.8. The molecule has 0 fully saturated rings. The number of nitrogens with zero attached hydrogens (tertiary/aromatic N) is 2. The summed E-state index contributed by atoms with van der Waals surface area (Å²) < 4.78 is 9.07. The monoisotopic (exact) mass is 418 g/mol. The number of benzene rings is 3. The Morgan fingerprint density at radius 3 is 2.53 bits per heavy atom. The first-order chi connectivity index (χ1) is 15.8. The van der Waals surface area contributed by atoms with Crippen LogP contribution in [0, 0.1) is 0 Å². The fourth-order valence-corrected chi connectivity index (χ4v) is 5.12. The number of methoxy groups -OCH3 is 1. The van der Waals surface area contributed by atoms with Gasteiger partial charge in [0.25, 0.3) is 0 Å². The third-order valence-corrected chi connectivity index (χ3v) is 6.44. The molecule has 0 saturated heterocycles. The van der Waals surface area contributed by atoms with Gasteiger partial charge in [-0.05, 0) is 41.8 Å². The molecule has 1 atom stereocenters. The van der Waals surface area contributed by atoms with Crippen molar-refractivity contribution in [3.8, 4) is 5.69 Å². The average molecular weight is 418 g/mol. The summed E-state index contributed by atoms with van der Waals surface area (Å²) in [5, 5.41) is 2.44. The third-order valence-electron chi connectivity index (χ3n) is 6.44. The van der Waals surface area contributed by atoms with E-state index in [0.717, 1.165) is 23.4 Å². The van der Waals surface area contributed by atoms with Crippen molar-refractivity contribution < 1.29 is 9.53 Å². The quantitative estimate of drug-likeness (QED) is 0.318. The zero-order chi connectivity index (χ0) is 21.7. The van der Waals surface area contributed by atoms with E-state index in [4.69, 9.17) is 4.74 Å². The second kappa shape index (κ2) is 7.27. The summed E-state index contributed by atoms with van der Waals surface area (Å²) in [6.45, 7) is 0. The molecule has 0 spiro atoms. The Morgan fingerprint density at radius 1 is 0.906 bits per heavy atom. The van der Waals surface area contributed by atoms with E-state index in [1.54, 1.807) is 4.57 Å². The molecule has 1 unspecified atom stereocenters. The highest BCUT2D eigenvalue weighted by molar-refractivity contribution is 6.10. The molecular weight excluding hydrogens is 396 g/mol. The van der Waals surface area contributed by atoms with Gasteiger partial charge in [-0.1, -0.05) is 66.7 Å². The molecule has 1 aliphatic rings. The number of allylic oxidation sites excluding steroid dienone is 1. The van der Waals surface area contributed by atoms with Crippen LogP contribution >= 0.6 is 0 Å². The zero-order valence-corrected chi connectivity index (χ0v) is 17.7. The van der Waals surface area contributed by atoms with Crippen LogP contribution in [0.1, 0.15) is 29.2 Å². The third kappa shape index (κ3) is 2.66. The number of carbonyl (C=O) groups is 1. The van der Waals surface area contributed by atoms with Crippen LogP contribution in [0.5, 0.6) is 0 Å². The number of hydrogen-bond acceptors (Lipinski definition) is 2. The molecule has 0 aliphatic heterocycles. The Morgan fingerprint density at radius 2 is 1.69 bits per heavy atom. The maximum atomic E-state index is 12.5. The van der Waals surface area contributed by atoms with Gasteiger partial charge in [-0.15, -0.1) is 0 Å². The summed E-state index contributed by atoms with van der Waals surface area (Å²) in [4.78, 5) is 12.5. The Kier molecular flexibility index (Phi) is 4.25. The highest BCUT2D eigenvalue weighted by Gasteiger charge is 2.28. The van der Waals surface area contributed by atoms with Crippen molar-refractivity contribution in [3.05, 3.63) is 108 Å². The highest BCUT2D eigenvalue weighted by atomic mass is 16.5. The SMILES string of the molecule is COC(=O)n1ccc2c1C(c1cccc3c4ccccc4n(-c4ccccc4)c13)CC=C2. The van der Waals surface area contributed by atoms with E-state index in [9.17, 15) is 4.79 Å². The lowest BCUT2D eigenvalue weighted by Crippen LogP contribution is -2.18. The van der Waals surface area contributed by atoms with E-state index in [0.29, 0.717) is 0 Å². The minimum atomic E-state index is -0.359. The minimum absolute atomic E-state index is 0.0413. The maximum absolute atomic E-state index is 12.5. The van der Waals surface area contributed by atoms with Crippen molar-refractivity contribution in [1.29, 1.82) is 0 Å². The number of rotatable bonds is 2. The van der Waals surface area contributed by atoms with Crippen LogP contribution in [-0.2, 0) is 4.74 Å². The van der Waals surface area contributed by atoms with E-state index in [1.165, 1.54) is 34.5 Å². The largest absolute Gasteiger partial charge is 0.452 e. The lowest BCUT2D eigenvalue weighted by atomic mass is 9.85. The van der Waals surface area contributed by atoms with E-state index < -0.39 is 0 Å². The van der Waals surface area contributed by atoms with E-state index in [1.807, 2.05) is 18.3 Å². The number of carbonyl (C=O) groups excluding carboxylic acids is 1. The van der Waals surface area contributed by atoms with Crippen LogP contribution in [0.3, 0.4) is 0 Å². The van der Waals surface area contributed by atoms with Gasteiger partial charge >= 0.3 is 6.09 Å². The van der Waals surface area contributed by atoms with Crippen LogP contribution in [-0.4, -0.2) is 22.3 Å². The maximum Gasteiger partial charge on any atom is 0.417 e. The molecule has 6 rings (SSSR count). The second-order valence-corrected chi connectivity index (χ2v) is 8.12. The Balaban J connectivity index is 1.70. The summed E-state index contributed by atoms with van der Waals surface area (Å²) >= 11 is 0. The predicted molar refractivity (Wildman–Crippen MR) is 129 cm³/mol. The van der Waals surface area contributed by atoms with Gasteiger partial charge < -0.3 is 9.30 Å². The molecule has 4 nitrogen and oxygen atoms in total. The highest BCUT2D eigenvalue weighted by Crippen LogP contribution is 2.42. The molecule has 0 radical (unpaired) electrons. The lowest BCUT2D eigenvalue weighted by Gasteiger charge is -2.24. The fourth-order valence-electron chi connectivity index (χ4n) is 5.12. The molecule has 4 heteroatoms. The van der Waals surface area contributed by atoms with Crippen molar-refractivity contribution in [1.82, 2.24) is 9.13 Å². The summed E-state index contributed by atoms with van der Waals surface area (Å²) in [7, 11) is 1.43. The summed E-state index contributed by atoms with van der Waals surface area (Å²) in [5.74, 6) is 0.0413. The van der Waals surface area contributed by atoms with E-state index in [2.05, 4.69) is 83.4 Å². The second-order valence-electron chi connectivity index (χ2n) is 8.12. The molecule has 2 aromatic heterocycles. The van der Waals surface area contributed by atoms with Gasteiger partial charge in [-0.2, -0.15) is 0 Å². The Bertz CT molecular complexity index is 1510. The van der Waals surface area contributed by atoms with Gasteiger partial charge in [-0.25, -0.2) is 4.79 Å². The normalized spacial score (nSPS) is 15.2. The molecule has 0 amide bonds. The molecule has 5 aromatic rings. The Labute approximate surface area is 186 Å². The number of hydrogen-bond donors (Lipinski definition) is 0. The van der Waals surface area contributed by atoms with Crippen molar-refractivity contribution in [2.75, 3.05) is 7.11 Å². The van der Waals surface area contributed by atoms with Crippen molar-refractivity contribution >= 4 is 34.0 Å². The molecule has 3 aromatic carbocycles. The smallest absolute Gasteiger partial charge is 0.417 e. The standard InChI is InChI=1S/C28H22N2O2/c1-32-28(31)29-18-17-19-9-7-13-23(26(19)29)24-15-8-14-22-21-12-5-6-16-25(21)30(27(22)24)20-10-3-2-4-11-20/h2-12,14-18,23H,13H2,1H3. The number of para-hydroxylation sites is 3. The molecule has 32 heavy (non-hydrogen) atoms. The van der Waals surface area contributed by atoms with Crippen LogP contribution in [0.4, 0.5) is 4.79 Å². The average Bonchev–Trinajstić information content (AvgIpc) is 3.44. The van der Waals surface area contributed by atoms with Crippen LogP contribution in [0.25, 0.3) is 33.6 Å². The molecule has 156 valence electrons. The lowest BCUT2D eigenvalue weighted by molar-refractivity contribution is 0.172. The van der Waals surface area contributed by atoms with E-state index in [-0.39, 0.29) is 12.0 Å². The van der Waals surface area contributed by atoms with Crippen LogP contribution < -0.4 is 0 Å². The van der Waals surface area contributed by atoms with Gasteiger partial charge in [0, 0.05) is 34.3 Å². The molecular formula is C28H22N2O2. The van der Waals surface area contributed by atoms with Crippen molar-refractivity contribution in [3.63, 3.8) is 0 Å². The first-order valence-electron chi connectivity index (χ1n) is 10.8. The number of fused-ring (bicyclic) bond motifs is 4. The first kappa shape index (κ1) is 18.7. The van der Waals surface area contributed by atoms with Gasteiger partial charge in [-0.3, -0.25) is 4.57 Å². The molecule has 0 N–H and O–H groups in total. The summed E-state index contributed by atoms with van der Waals surface area (Å²) in [5.41, 5.74) is 6.74. The topological polar surface area (TPSA) is 36.2 Å². The molecule has 0 bridgehead atoms. The summed E-state index contributed by atoms with van der Waals surface area (Å²) in [6, 6.07) is 27.5. The van der Waals surface area contributed by atoms with Gasteiger partial charge in [0.05, 0.1) is 18.1 Å². The summed E-state index contributed by atoms with van der Waals surface area (Å²) in [6.07, 6.45) is 6.57. The van der Waals surface area contributed by atoms with Gasteiger partial charge in [0.15, 0.2) is 0 Å². The number of ether oxygens (including phenoxy) is 1. The fraction of sp³-hybridized carbons (Fsp3) is 0.107. The van der Waals surface area contributed by atoms with Crippen molar-refractivity contribution in [2.24, 2.45) is 0 Å². The van der Waals surface area contributed by atoms with Gasteiger partial charge in [0.2, 0.25) is 0 Å². The Hall–Kier alpha value is -4.05.